The second kappa shape index (κ2) is 7.19. The van der Waals surface area contributed by atoms with E-state index in [0.717, 1.165) is 13.0 Å². The van der Waals surface area contributed by atoms with E-state index in [-0.39, 0.29) is 4.90 Å². The van der Waals surface area contributed by atoms with Crippen LogP contribution < -0.4 is 11.1 Å². The first-order valence-electron chi connectivity index (χ1n) is 6.37. The molecule has 0 radical (unpaired) electrons. The molecule has 1 rings (SSSR count). The number of hydrogen-bond acceptors (Lipinski definition) is 5. The number of nitrogens with zero attached hydrogens (tertiary/aromatic N) is 1. The van der Waals surface area contributed by atoms with E-state index < -0.39 is 10.0 Å². The fraction of sp³-hybridized carbons (Fsp3) is 0.538. The molecule has 1 unspecified atom stereocenters. The molecular formula is C13H23N3O2S2. The lowest BCUT2D eigenvalue weighted by molar-refractivity contribution is 0.521. The Hall–Kier alpha value is -0.920. The van der Waals surface area contributed by atoms with Crippen molar-refractivity contribution in [1.82, 2.24) is 4.31 Å². The van der Waals surface area contributed by atoms with E-state index >= 15 is 0 Å². The maximum atomic E-state index is 12.1. The Bertz CT molecular complexity index is 545. The molecule has 0 spiro atoms. The van der Waals surface area contributed by atoms with Gasteiger partial charge in [-0.2, -0.15) is 11.8 Å². The zero-order valence-electron chi connectivity index (χ0n) is 12.4. The van der Waals surface area contributed by atoms with Crippen LogP contribution in [0, 0.1) is 0 Å². The molecule has 0 aliphatic rings. The fourth-order valence-electron chi connectivity index (χ4n) is 1.59. The number of thioether (sulfide) groups is 1. The lowest BCUT2D eigenvalue weighted by Crippen LogP contribution is -2.22. The smallest absolute Gasteiger partial charge is 0.242 e. The maximum absolute atomic E-state index is 12.1. The van der Waals surface area contributed by atoms with E-state index in [1.54, 1.807) is 23.9 Å². The van der Waals surface area contributed by atoms with Crippen LogP contribution in [-0.4, -0.2) is 44.9 Å². The Morgan fingerprint density at radius 1 is 1.40 bits per heavy atom. The van der Waals surface area contributed by atoms with Crippen LogP contribution in [0.1, 0.15) is 13.3 Å². The van der Waals surface area contributed by atoms with Crippen LogP contribution >= 0.6 is 11.8 Å². The first-order chi connectivity index (χ1) is 9.28. The summed E-state index contributed by atoms with van der Waals surface area (Å²) in [7, 11) is -0.403. The minimum atomic E-state index is -3.43. The van der Waals surface area contributed by atoms with Gasteiger partial charge in [-0.3, -0.25) is 0 Å². The molecule has 114 valence electrons. The van der Waals surface area contributed by atoms with Crippen LogP contribution in [0.2, 0.25) is 0 Å². The number of nitrogens with two attached hydrogens (primary N) is 1. The Balaban J connectivity index is 2.88. The Morgan fingerprint density at radius 2 is 2.05 bits per heavy atom. The summed E-state index contributed by atoms with van der Waals surface area (Å²) in [5.41, 5.74) is 7.10. The second-order valence-electron chi connectivity index (χ2n) is 4.80. The summed E-state index contributed by atoms with van der Waals surface area (Å²) in [6, 6.07) is 4.74. The summed E-state index contributed by atoms with van der Waals surface area (Å²) >= 11 is 1.80. The average Bonchev–Trinajstić information content (AvgIpc) is 2.40. The highest BCUT2D eigenvalue weighted by Gasteiger charge is 2.18. The average molecular weight is 317 g/mol. The van der Waals surface area contributed by atoms with Crippen molar-refractivity contribution in [3.63, 3.8) is 0 Å². The molecule has 1 aromatic carbocycles. The highest BCUT2D eigenvalue weighted by molar-refractivity contribution is 7.99. The maximum Gasteiger partial charge on any atom is 0.242 e. The standard InChI is InChI=1S/C13H23N3O2S2/c1-10(19-4)7-8-15-13-9-11(5-6-12(13)14)20(17,18)16(2)3/h5-6,9-10,15H,7-8,14H2,1-4H3. The summed E-state index contributed by atoms with van der Waals surface area (Å²) in [6.07, 6.45) is 3.06. The van der Waals surface area contributed by atoms with Crippen LogP contribution in [-0.2, 0) is 10.0 Å². The summed E-state index contributed by atoms with van der Waals surface area (Å²) in [4.78, 5) is 0.247. The van der Waals surface area contributed by atoms with Crippen molar-refractivity contribution in [2.45, 2.75) is 23.5 Å². The lowest BCUT2D eigenvalue weighted by atomic mass is 10.2. The predicted octanol–water partition coefficient (Wildman–Crippen LogP) is 2.07. The quantitative estimate of drug-likeness (QED) is 0.753. The van der Waals surface area contributed by atoms with Crippen molar-refractivity contribution >= 4 is 33.2 Å². The van der Waals surface area contributed by atoms with E-state index in [9.17, 15) is 8.42 Å². The molecule has 0 saturated heterocycles. The van der Waals surface area contributed by atoms with Gasteiger partial charge in [0.05, 0.1) is 16.3 Å². The van der Waals surface area contributed by atoms with Gasteiger partial charge < -0.3 is 11.1 Å². The molecule has 1 atom stereocenters. The Labute approximate surface area is 126 Å². The number of nitrogen functional groups attached to an aromatic ring is 1. The molecule has 7 heteroatoms. The first kappa shape index (κ1) is 17.1. The van der Waals surface area contributed by atoms with Crippen LogP contribution in [0.3, 0.4) is 0 Å². The van der Waals surface area contributed by atoms with Crippen molar-refractivity contribution in [1.29, 1.82) is 0 Å². The van der Waals surface area contributed by atoms with E-state index in [0.29, 0.717) is 16.6 Å². The Kier molecular flexibility index (Phi) is 6.16. The molecule has 0 bridgehead atoms. The minimum Gasteiger partial charge on any atom is -0.397 e. The van der Waals surface area contributed by atoms with Crippen molar-refractivity contribution in [2.24, 2.45) is 0 Å². The number of nitrogens with one attached hydrogen (secondary N) is 1. The molecule has 1 aromatic rings. The third-order valence-electron chi connectivity index (χ3n) is 3.07. The van der Waals surface area contributed by atoms with Crippen molar-refractivity contribution in [3.8, 4) is 0 Å². The van der Waals surface area contributed by atoms with Crippen molar-refractivity contribution < 1.29 is 8.42 Å². The second-order valence-corrected chi connectivity index (χ2v) is 8.23. The molecule has 5 nitrogen and oxygen atoms in total. The molecule has 3 N–H and O–H groups in total. The van der Waals surface area contributed by atoms with Gasteiger partial charge in [-0.15, -0.1) is 0 Å². The van der Waals surface area contributed by atoms with Gasteiger partial charge in [0.2, 0.25) is 10.0 Å². The summed E-state index contributed by atoms with van der Waals surface area (Å²) in [5.74, 6) is 0. The molecule has 0 heterocycles. The summed E-state index contributed by atoms with van der Waals surface area (Å²) in [5, 5.41) is 3.76. The van der Waals surface area contributed by atoms with Gasteiger partial charge in [-0.1, -0.05) is 6.92 Å². The van der Waals surface area contributed by atoms with Gasteiger partial charge in [0.25, 0.3) is 0 Å². The monoisotopic (exact) mass is 317 g/mol. The fourth-order valence-corrected chi connectivity index (χ4v) is 2.87. The van der Waals surface area contributed by atoms with E-state index in [2.05, 4.69) is 18.5 Å². The summed E-state index contributed by atoms with van der Waals surface area (Å²) < 4.78 is 25.3. The van der Waals surface area contributed by atoms with E-state index in [1.807, 2.05) is 0 Å². The zero-order valence-corrected chi connectivity index (χ0v) is 14.0. The zero-order chi connectivity index (χ0) is 15.3. The van der Waals surface area contributed by atoms with Gasteiger partial charge in [0, 0.05) is 25.9 Å². The molecule has 0 saturated carbocycles. The van der Waals surface area contributed by atoms with Crippen molar-refractivity contribution in [3.05, 3.63) is 18.2 Å². The normalized spacial score (nSPS) is 13.4. The molecule has 20 heavy (non-hydrogen) atoms. The van der Waals surface area contributed by atoms with Gasteiger partial charge in [-0.05, 0) is 30.9 Å². The summed E-state index contributed by atoms with van der Waals surface area (Å²) in [6.45, 7) is 2.92. The number of rotatable bonds is 7. The lowest BCUT2D eigenvalue weighted by Gasteiger charge is -2.15. The highest BCUT2D eigenvalue weighted by Crippen LogP contribution is 2.24. The van der Waals surface area contributed by atoms with Crippen LogP contribution in [0.4, 0.5) is 11.4 Å². The molecule has 0 aromatic heterocycles. The third-order valence-corrected chi connectivity index (χ3v) is 5.92. The van der Waals surface area contributed by atoms with Crippen LogP contribution in [0.25, 0.3) is 0 Å². The van der Waals surface area contributed by atoms with Crippen molar-refractivity contribution in [2.75, 3.05) is 37.9 Å². The molecule has 0 amide bonds. The SMILES string of the molecule is CSC(C)CCNc1cc(S(=O)(=O)N(C)C)ccc1N. The first-order valence-corrected chi connectivity index (χ1v) is 9.10. The van der Waals surface area contributed by atoms with Gasteiger partial charge in [0.15, 0.2) is 0 Å². The minimum absolute atomic E-state index is 0.247. The van der Waals surface area contributed by atoms with Gasteiger partial charge in [-0.25, -0.2) is 12.7 Å². The number of sulfonamides is 1. The van der Waals surface area contributed by atoms with Crippen LogP contribution in [0.5, 0.6) is 0 Å². The molecule has 0 fully saturated rings. The predicted molar refractivity (Wildman–Crippen MR) is 87.8 cm³/mol. The van der Waals surface area contributed by atoms with Gasteiger partial charge >= 0.3 is 0 Å². The third kappa shape index (κ3) is 4.29. The number of hydrogen-bond donors (Lipinski definition) is 2. The molecule has 0 aliphatic heterocycles. The molecule has 0 aliphatic carbocycles. The van der Waals surface area contributed by atoms with Crippen LogP contribution in [0.15, 0.2) is 23.1 Å². The van der Waals surface area contributed by atoms with E-state index in [1.165, 1.54) is 24.5 Å². The van der Waals surface area contributed by atoms with Gasteiger partial charge in [0.1, 0.15) is 0 Å². The molecular weight excluding hydrogens is 294 g/mol. The van der Waals surface area contributed by atoms with E-state index in [4.69, 9.17) is 5.73 Å². The number of benzene rings is 1. The Morgan fingerprint density at radius 3 is 2.60 bits per heavy atom. The number of anilines is 2. The topological polar surface area (TPSA) is 75.4 Å². The largest absolute Gasteiger partial charge is 0.397 e. The highest BCUT2D eigenvalue weighted by atomic mass is 32.2.